The topological polar surface area (TPSA) is 88.5 Å². The maximum atomic E-state index is 6.42. The fourth-order valence-corrected chi connectivity index (χ4v) is 12.2. The van der Waals surface area contributed by atoms with Gasteiger partial charge < -0.3 is 18.8 Å². The van der Waals surface area contributed by atoms with Crippen LogP contribution in [0.1, 0.15) is 72.2 Å². The van der Waals surface area contributed by atoms with Crippen molar-refractivity contribution in [3.05, 3.63) is 341 Å². The molecule has 3 aliphatic heterocycles. The molecule has 10 heteroatoms. The first-order valence-electron chi connectivity index (χ1n) is 28.9. The van der Waals surface area contributed by atoms with Gasteiger partial charge in [0.05, 0.1) is 39.1 Å². The molecule has 10 aromatic carbocycles. The molecule has 0 bridgehead atoms. The number of hydrogen-bond acceptors (Lipinski definition) is 8. The van der Waals surface area contributed by atoms with Crippen LogP contribution in [0.5, 0.6) is 23.0 Å². The Kier molecular flexibility index (Phi) is 15.1. The van der Waals surface area contributed by atoms with Crippen molar-refractivity contribution in [1.82, 2.24) is 20.4 Å². The van der Waals surface area contributed by atoms with E-state index in [1.165, 1.54) is 11.1 Å². The number of ether oxygens (including phenoxy) is 2. The fraction of sp³-hybridized carbons (Fsp3) is 0.105. The average Bonchev–Trinajstić information content (AvgIpc) is 0.865. The Morgan fingerprint density at radius 2 is 0.628 bits per heavy atom. The highest BCUT2D eigenvalue weighted by atomic mass is 35.5. The summed E-state index contributed by atoms with van der Waals surface area (Å²) in [6, 6.07) is 99.8. The van der Waals surface area contributed by atoms with E-state index >= 15 is 0 Å². The first-order chi connectivity index (χ1) is 42.0. The van der Waals surface area contributed by atoms with Crippen LogP contribution in [0.15, 0.2) is 291 Å². The number of fused-ring (bicyclic) bond motifs is 4. The van der Waals surface area contributed by atoms with Crippen molar-refractivity contribution in [1.29, 1.82) is 0 Å². The smallest absolute Gasteiger partial charge is 0.457 e. The average molecular weight is 1140 g/mol. The quantitative estimate of drug-likeness (QED) is 0.139. The van der Waals surface area contributed by atoms with Gasteiger partial charge in [-0.05, 0) is 110 Å². The van der Waals surface area contributed by atoms with Crippen LogP contribution in [0.4, 0.5) is 0 Å². The molecule has 0 saturated carbocycles. The Bertz CT molecular complexity index is 4220. The minimum absolute atomic E-state index is 0.400. The van der Waals surface area contributed by atoms with Crippen LogP contribution in [-0.2, 0) is 20.1 Å². The summed E-state index contributed by atoms with van der Waals surface area (Å²) in [5.74, 6) is 3.48. The molecular weight excluding hydrogens is 1080 g/mol. The predicted molar refractivity (Wildman–Crippen MR) is 344 cm³/mol. The van der Waals surface area contributed by atoms with E-state index in [0.717, 1.165) is 95.6 Å². The molecule has 15 rings (SSSR count). The lowest BCUT2D eigenvalue weighted by atomic mass is 9.62. The molecular formula is C76H60BClN4O4. The third-order valence-corrected chi connectivity index (χ3v) is 17.1. The first-order valence-corrected chi connectivity index (χ1v) is 29.3. The van der Waals surface area contributed by atoms with Crippen LogP contribution in [0.2, 0.25) is 5.15 Å². The van der Waals surface area contributed by atoms with E-state index < -0.39 is 29.2 Å². The number of aromatic nitrogens is 4. The van der Waals surface area contributed by atoms with E-state index in [1.54, 1.807) is 6.07 Å². The standard InChI is InChI=1S/C35H24N2O.C31H29BO3.C10H7ClN2/c1-3-12-25(13-4-1)31-22-23-32(37-36-31)26-14-11-17-28(24-26)35(27-15-5-2-6-16-27)29-18-7-9-20-33(29)38-34-21-10-8-19-30(34)35;1-29(2)30(3,4)35-32(34-29)24-16-12-15-23(21-24)31(22-13-6-5-7-14-22)25-17-8-10-19-27(25)33-28-20-11-9-18-26(28)31;11-10-7-6-9(12-13-10)8-4-2-1-3-5-8/h1-24H;5-21H,1-4H3;1-7H. The van der Waals surface area contributed by atoms with Gasteiger partial charge in [0, 0.05) is 38.9 Å². The van der Waals surface area contributed by atoms with E-state index in [1.807, 2.05) is 97.1 Å². The Labute approximate surface area is 507 Å². The zero-order valence-corrected chi connectivity index (χ0v) is 48.8. The molecule has 0 amide bonds. The Morgan fingerprint density at radius 3 is 1.03 bits per heavy atom. The number of hydrogen-bond donors (Lipinski definition) is 0. The molecule has 86 heavy (non-hydrogen) atoms. The van der Waals surface area contributed by atoms with Gasteiger partial charge in [0.25, 0.3) is 0 Å². The number of halogens is 1. The molecule has 0 spiro atoms. The van der Waals surface area contributed by atoms with Gasteiger partial charge in [0.1, 0.15) is 23.0 Å². The van der Waals surface area contributed by atoms with E-state index in [4.69, 9.17) is 30.4 Å². The van der Waals surface area contributed by atoms with Gasteiger partial charge in [-0.25, -0.2) is 0 Å². The van der Waals surface area contributed by atoms with E-state index in [-0.39, 0.29) is 0 Å². The monoisotopic (exact) mass is 1140 g/mol. The van der Waals surface area contributed by atoms with Crippen LogP contribution in [-0.4, -0.2) is 38.7 Å². The maximum absolute atomic E-state index is 6.42. The van der Waals surface area contributed by atoms with Crippen molar-refractivity contribution in [3.63, 3.8) is 0 Å². The molecule has 3 aliphatic rings. The summed E-state index contributed by atoms with van der Waals surface area (Å²) >= 11 is 5.63. The van der Waals surface area contributed by atoms with Crippen LogP contribution in [0, 0.1) is 0 Å². The lowest BCUT2D eigenvalue weighted by Crippen LogP contribution is -2.41. The zero-order chi connectivity index (χ0) is 58.7. The number of benzene rings is 10. The molecule has 2 aromatic heterocycles. The summed E-state index contributed by atoms with van der Waals surface area (Å²) in [4.78, 5) is 0. The molecule has 0 N–H and O–H groups in total. The number of para-hydroxylation sites is 4. The Morgan fingerprint density at radius 1 is 0.302 bits per heavy atom. The second-order valence-electron chi connectivity index (χ2n) is 22.5. The van der Waals surface area contributed by atoms with Crippen LogP contribution in [0.3, 0.4) is 0 Å². The van der Waals surface area contributed by atoms with Gasteiger partial charge in [-0.2, -0.15) is 0 Å². The summed E-state index contributed by atoms with van der Waals surface area (Å²) in [5, 5.41) is 17.3. The third-order valence-electron chi connectivity index (χ3n) is 16.9. The van der Waals surface area contributed by atoms with Gasteiger partial charge in [0.2, 0.25) is 0 Å². The summed E-state index contributed by atoms with van der Waals surface area (Å²) in [6.45, 7) is 8.36. The molecule has 0 radical (unpaired) electrons. The maximum Gasteiger partial charge on any atom is 0.494 e. The summed E-state index contributed by atoms with van der Waals surface area (Å²) in [6.07, 6.45) is 0. The zero-order valence-electron chi connectivity index (χ0n) is 48.1. The molecule has 12 aromatic rings. The Hall–Kier alpha value is -9.77. The molecule has 0 unspecified atom stereocenters. The van der Waals surface area contributed by atoms with Crippen molar-refractivity contribution in [2.24, 2.45) is 0 Å². The molecule has 0 aliphatic carbocycles. The van der Waals surface area contributed by atoms with Crippen molar-refractivity contribution in [2.45, 2.75) is 49.7 Å². The summed E-state index contributed by atoms with van der Waals surface area (Å²) in [7, 11) is -0.432. The highest BCUT2D eigenvalue weighted by Crippen LogP contribution is 2.57. The summed E-state index contributed by atoms with van der Waals surface area (Å²) < 4.78 is 25.7. The molecule has 1 fully saturated rings. The minimum Gasteiger partial charge on any atom is -0.457 e. The predicted octanol–water partition coefficient (Wildman–Crippen LogP) is 17.6. The lowest BCUT2D eigenvalue weighted by molar-refractivity contribution is 0.00578. The largest absolute Gasteiger partial charge is 0.494 e. The van der Waals surface area contributed by atoms with Gasteiger partial charge in [0.15, 0.2) is 5.15 Å². The van der Waals surface area contributed by atoms with E-state index in [2.05, 4.69) is 236 Å². The highest BCUT2D eigenvalue weighted by molar-refractivity contribution is 6.62. The van der Waals surface area contributed by atoms with Crippen molar-refractivity contribution < 1.29 is 18.8 Å². The Balaban J connectivity index is 0.000000132. The fourth-order valence-electron chi connectivity index (χ4n) is 12.1. The van der Waals surface area contributed by atoms with Gasteiger partial charge in [-0.3, -0.25) is 0 Å². The van der Waals surface area contributed by atoms with Gasteiger partial charge in [-0.15, -0.1) is 20.4 Å². The van der Waals surface area contributed by atoms with Gasteiger partial charge >= 0.3 is 7.12 Å². The molecule has 5 heterocycles. The number of rotatable bonds is 8. The van der Waals surface area contributed by atoms with E-state index in [0.29, 0.717) is 5.15 Å². The second-order valence-corrected chi connectivity index (χ2v) is 22.9. The van der Waals surface area contributed by atoms with Crippen molar-refractivity contribution in [2.75, 3.05) is 0 Å². The lowest BCUT2D eigenvalue weighted by Gasteiger charge is -2.41. The van der Waals surface area contributed by atoms with Crippen LogP contribution >= 0.6 is 11.6 Å². The SMILES string of the molecule is CC1(C)OB(c2cccc(C3(c4ccccc4)c4ccccc4Oc4ccccc43)c2)OC1(C)C.Clc1ccc(-c2ccccc2)nn1.c1ccc(-c2ccc(-c3cccc(C4(c5ccccc5)c5ccccc5Oc5ccccc54)c3)nn2)cc1. The molecule has 418 valence electrons. The van der Waals surface area contributed by atoms with Crippen molar-refractivity contribution in [3.8, 4) is 56.8 Å². The highest BCUT2D eigenvalue weighted by Gasteiger charge is 2.53. The third kappa shape index (κ3) is 10.2. The van der Waals surface area contributed by atoms with Crippen molar-refractivity contribution >= 4 is 24.2 Å². The van der Waals surface area contributed by atoms with Crippen LogP contribution in [0.25, 0.3) is 33.8 Å². The number of nitrogens with zero attached hydrogens (tertiary/aromatic N) is 4. The van der Waals surface area contributed by atoms with Gasteiger partial charge in [-0.1, -0.05) is 248 Å². The first kappa shape index (κ1) is 55.4. The minimum atomic E-state index is -0.555. The molecule has 8 nitrogen and oxygen atoms in total. The summed E-state index contributed by atoms with van der Waals surface area (Å²) in [5.41, 5.74) is 13.9. The second kappa shape index (κ2) is 23.4. The normalized spacial score (nSPS) is 15.0. The molecule has 0 atom stereocenters. The van der Waals surface area contributed by atoms with Crippen LogP contribution < -0.4 is 14.9 Å². The molecule has 1 saturated heterocycles. The van der Waals surface area contributed by atoms with E-state index in [9.17, 15) is 0 Å².